The van der Waals surface area contributed by atoms with Gasteiger partial charge in [0.15, 0.2) is 0 Å². The van der Waals surface area contributed by atoms with Crippen molar-refractivity contribution in [1.82, 2.24) is 0 Å². The molecule has 0 N–H and O–H groups in total. The number of halogens is 4. The predicted molar refractivity (Wildman–Crippen MR) is 75.5 cm³/mol. The first-order valence-electron chi connectivity index (χ1n) is 6.43. The van der Waals surface area contributed by atoms with Crippen LogP contribution in [0.3, 0.4) is 0 Å². The van der Waals surface area contributed by atoms with Crippen LogP contribution in [0.25, 0.3) is 0 Å². The predicted octanol–water partition coefficient (Wildman–Crippen LogP) is 0.483. The van der Waals surface area contributed by atoms with E-state index >= 15 is 2.86 Å². The van der Waals surface area contributed by atoms with E-state index in [0.717, 1.165) is 24.3 Å². The normalized spacial score (nSPS) is 13.8. The van der Waals surface area contributed by atoms with Gasteiger partial charge >= 0.3 is 138 Å². The van der Waals surface area contributed by atoms with Gasteiger partial charge in [-0.05, 0) is 0 Å². The average Bonchev–Trinajstić information content (AvgIpc) is 2.46. The number of alkyl halides is 3. The molecule has 2 aromatic carbocycles. The summed E-state index contributed by atoms with van der Waals surface area (Å²) >= 11 is -6.20. The van der Waals surface area contributed by atoms with Gasteiger partial charge in [0.25, 0.3) is 0 Å². The van der Waals surface area contributed by atoms with Gasteiger partial charge in [0.05, 0.1) is 0 Å². The van der Waals surface area contributed by atoms with Gasteiger partial charge in [-0.1, -0.05) is 0 Å². The molecule has 3 nitrogen and oxygen atoms in total. The van der Waals surface area contributed by atoms with Crippen molar-refractivity contribution in [2.24, 2.45) is 0 Å². The summed E-state index contributed by atoms with van der Waals surface area (Å²) in [6.07, 6.45) is 0. The Morgan fingerprint density at radius 3 is 1.43 bits per heavy atom. The zero-order valence-electron chi connectivity index (χ0n) is 12.3. The zero-order chi connectivity index (χ0) is 17.5. The van der Waals surface area contributed by atoms with Crippen LogP contribution in [0.15, 0.2) is 48.5 Å². The van der Waals surface area contributed by atoms with Gasteiger partial charge in [0.2, 0.25) is 0 Å². The molecule has 0 spiro atoms. The van der Waals surface area contributed by atoms with Crippen LogP contribution in [0, 0.1) is 21.0 Å². The van der Waals surface area contributed by atoms with E-state index in [1.165, 1.54) is 24.3 Å². The molecule has 0 atom stereocenters. The molecular formula is C15H14F3IO3S-2. The van der Waals surface area contributed by atoms with Crippen molar-refractivity contribution in [2.45, 2.75) is 17.1 Å². The Morgan fingerprint density at radius 2 is 1.17 bits per heavy atom. The Morgan fingerprint density at radius 1 is 0.870 bits per heavy atom. The molecule has 0 aliphatic rings. The molecule has 2 rings (SSSR count). The second-order valence-corrected chi connectivity index (χ2v) is 13.8. The van der Waals surface area contributed by atoms with E-state index in [4.69, 9.17) is 0 Å². The summed E-state index contributed by atoms with van der Waals surface area (Å²) in [5, 5.41) is 0. The first kappa shape index (κ1) is 18.2. The molecule has 0 heterocycles. The van der Waals surface area contributed by atoms with Gasteiger partial charge in [-0.25, -0.2) is 0 Å². The van der Waals surface area contributed by atoms with Crippen LogP contribution >= 0.6 is 0 Å². The van der Waals surface area contributed by atoms with Gasteiger partial charge in [-0.15, -0.1) is 0 Å². The summed E-state index contributed by atoms with van der Waals surface area (Å²) in [6.45, 7) is 3.37. The maximum atomic E-state index is 15.6. The first-order chi connectivity index (χ1) is 10.5. The Labute approximate surface area is 137 Å². The van der Waals surface area contributed by atoms with Gasteiger partial charge in [-0.3, -0.25) is 0 Å². The van der Waals surface area contributed by atoms with Gasteiger partial charge in [-0.2, -0.15) is 0 Å². The van der Waals surface area contributed by atoms with Crippen molar-refractivity contribution in [3.8, 4) is 0 Å². The van der Waals surface area contributed by atoms with Crippen molar-refractivity contribution < 1.29 is 43.6 Å². The van der Waals surface area contributed by atoms with Crippen molar-refractivity contribution >= 4 is 10.1 Å². The Hall–Kier alpha value is -1.13. The van der Waals surface area contributed by atoms with E-state index in [1.807, 2.05) is 0 Å². The molecule has 0 radical (unpaired) electrons. The fourth-order valence-electron chi connectivity index (χ4n) is 1.92. The van der Waals surface area contributed by atoms with E-state index in [1.54, 1.807) is 13.8 Å². The summed E-state index contributed by atoms with van der Waals surface area (Å²) < 4.78 is 71.8. The third kappa shape index (κ3) is 3.11. The summed E-state index contributed by atoms with van der Waals surface area (Å²) in [4.78, 5) is 0. The van der Waals surface area contributed by atoms with E-state index in [0.29, 0.717) is 11.1 Å². The molecule has 2 aromatic rings. The van der Waals surface area contributed by atoms with Crippen molar-refractivity contribution in [3.63, 3.8) is 0 Å². The SMILES string of the molecule is Cc1ccc([I-](F)(c2ccc(C)cc2)C(F)(F)S(=O)(=O)[O-])cc1. The number of benzene rings is 2. The molecule has 0 saturated heterocycles. The second kappa shape index (κ2) is 6.06. The molecule has 0 bridgehead atoms. The van der Waals surface area contributed by atoms with Crippen LogP contribution in [-0.4, -0.2) is 16.2 Å². The van der Waals surface area contributed by atoms with Crippen LogP contribution in [-0.2, 0) is 10.1 Å². The fourth-order valence-corrected chi connectivity index (χ4v) is 10.5. The van der Waals surface area contributed by atoms with E-state index in [2.05, 4.69) is 0 Å². The summed E-state index contributed by atoms with van der Waals surface area (Å²) in [5.74, 6) is 0. The van der Waals surface area contributed by atoms with Gasteiger partial charge < -0.3 is 0 Å². The molecule has 128 valence electrons. The molecule has 0 aliphatic carbocycles. The number of hydrogen-bond donors (Lipinski definition) is 0. The van der Waals surface area contributed by atoms with Gasteiger partial charge in [0.1, 0.15) is 0 Å². The number of rotatable bonds is 4. The van der Waals surface area contributed by atoms with Crippen LogP contribution in [0.5, 0.6) is 0 Å². The minimum atomic E-state index is -6.20. The van der Waals surface area contributed by atoms with E-state index in [-0.39, 0.29) is 0 Å². The molecule has 0 amide bonds. The van der Waals surface area contributed by atoms with E-state index in [9.17, 15) is 21.8 Å². The zero-order valence-corrected chi connectivity index (χ0v) is 15.2. The molecular weight excluding hydrogens is 444 g/mol. The topological polar surface area (TPSA) is 57.2 Å². The number of hydrogen-bond acceptors (Lipinski definition) is 3. The summed E-state index contributed by atoms with van der Waals surface area (Å²) in [7, 11) is -6.15. The average molecular weight is 458 g/mol. The maximum absolute atomic E-state index is 15.6. The standard InChI is InChI=1S/C15H15F3IO3S/c1-11-3-7-13(8-4-11)19(18,15(16,17)23(20,21)22)14-9-5-12(2)6-10-14/h3-10H,1-2H3,(H,20,21,22)/q-1/p-1. The van der Waals surface area contributed by atoms with E-state index < -0.39 is 39.5 Å². The third-order valence-corrected chi connectivity index (χ3v) is 13.4. The van der Waals surface area contributed by atoms with Crippen LogP contribution in [0.2, 0.25) is 0 Å². The Bertz CT molecular complexity index is 757. The molecule has 8 heteroatoms. The number of aryl methyl sites for hydroxylation is 2. The van der Waals surface area contributed by atoms with Crippen LogP contribution in [0.1, 0.15) is 11.1 Å². The monoisotopic (exact) mass is 458 g/mol. The molecule has 0 unspecified atom stereocenters. The quantitative estimate of drug-likeness (QED) is 0.381. The van der Waals surface area contributed by atoms with Gasteiger partial charge in [0, 0.05) is 0 Å². The minimum absolute atomic E-state index is 0.421. The molecule has 0 fully saturated rings. The third-order valence-electron chi connectivity index (χ3n) is 3.21. The Balaban J connectivity index is 2.79. The Kier molecular flexibility index (Phi) is 4.80. The second-order valence-electron chi connectivity index (χ2n) is 4.99. The van der Waals surface area contributed by atoms with Crippen molar-refractivity contribution in [2.75, 3.05) is 0 Å². The van der Waals surface area contributed by atoms with Crippen molar-refractivity contribution in [1.29, 1.82) is 0 Å². The molecule has 0 aromatic heterocycles. The fraction of sp³-hybridized carbons (Fsp3) is 0.200. The van der Waals surface area contributed by atoms with Crippen molar-refractivity contribution in [3.05, 3.63) is 66.8 Å². The first-order valence-corrected chi connectivity index (χ1v) is 11.9. The van der Waals surface area contributed by atoms with Crippen LogP contribution < -0.4 is 19.0 Å². The van der Waals surface area contributed by atoms with Crippen LogP contribution in [0.4, 0.5) is 11.6 Å². The summed E-state index contributed by atoms with van der Waals surface area (Å²) in [6, 6.07) is 10.2. The summed E-state index contributed by atoms with van der Waals surface area (Å²) in [5.41, 5.74) is 1.41. The molecule has 0 saturated carbocycles. The molecule has 23 heavy (non-hydrogen) atoms. The molecule has 0 aliphatic heterocycles.